The number of nitro groups is 1. The smallest absolute Gasteiger partial charge is 0.293 e. The predicted octanol–water partition coefficient (Wildman–Crippen LogP) is 2.70. The number of benzene rings is 1. The van der Waals surface area contributed by atoms with Gasteiger partial charge in [-0.3, -0.25) is 20.0 Å². The molecule has 1 aromatic heterocycles. The molecule has 0 aliphatic carbocycles. The number of H-pyrrole nitrogens is 1. The number of carbonyl (C=O) groups excluding carboxylic acids is 1. The molecular weight excluding hydrogens is 272 g/mol. The summed E-state index contributed by atoms with van der Waals surface area (Å²) < 4.78 is 0. The van der Waals surface area contributed by atoms with Crippen LogP contribution in [0.1, 0.15) is 35.6 Å². The van der Waals surface area contributed by atoms with Gasteiger partial charge < -0.3 is 5.32 Å². The zero-order chi connectivity index (χ0) is 15.4. The van der Waals surface area contributed by atoms with Gasteiger partial charge in [-0.05, 0) is 31.5 Å². The number of anilines is 1. The average molecular weight is 288 g/mol. The summed E-state index contributed by atoms with van der Waals surface area (Å²) >= 11 is 0. The first-order chi connectivity index (χ1) is 10.0. The Bertz CT molecular complexity index is 679. The number of nitrogens with zero attached hydrogens (tertiary/aromatic N) is 2. The lowest BCUT2D eigenvalue weighted by Crippen LogP contribution is -2.04. The molecule has 0 radical (unpaired) electrons. The van der Waals surface area contributed by atoms with Crippen LogP contribution in [0.25, 0.3) is 0 Å². The fourth-order valence-corrected chi connectivity index (χ4v) is 1.92. The van der Waals surface area contributed by atoms with Crippen LogP contribution in [0, 0.1) is 10.1 Å². The van der Waals surface area contributed by atoms with Gasteiger partial charge in [0.25, 0.3) is 5.69 Å². The number of hydrogen-bond donors (Lipinski definition) is 2. The molecule has 0 saturated heterocycles. The van der Waals surface area contributed by atoms with Crippen LogP contribution in [-0.2, 0) is 13.0 Å². The van der Waals surface area contributed by atoms with E-state index in [0.717, 1.165) is 17.8 Å². The number of nitro benzene ring substituents is 1. The van der Waals surface area contributed by atoms with Crippen molar-refractivity contribution in [1.82, 2.24) is 10.2 Å². The van der Waals surface area contributed by atoms with E-state index in [2.05, 4.69) is 15.5 Å². The van der Waals surface area contributed by atoms with Gasteiger partial charge in [0.1, 0.15) is 5.69 Å². The molecule has 7 nitrogen and oxygen atoms in total. The van der Waals surface area contributed by atoms with Gasteiger partial charge in [-0.25, -0.2) is 0 Å². The Balaban J connectivity index is 2.19. The highest BCUT2D eigenvalue weighted by Crippen LogP contribution is 2.26. The van der Waals surface area contributed by atoms with Crippen LogP contribution in [0.15, 0.2) is 24.3 Å². The van der Waals surface area contributed by atoms with Crippen LogP contribution in [-0.4, -0.2) is 20.9 Å². The number of nitrogens with one attached hydrogen (secondary N) is 2. The second-order valence-corrected chi connectivity index (χ2v) is 4.64. The summed E-state index contributed by atoms with van der Waals surface area (Å²) in [6.07, 6.45) is 0.823. The van der Waals surface area contributed by atoms with E-state index >= 15 is 0 Å². The van der Waals surface area contributed by atoms with Crippen molar-refractivity contribution < 1.29 is 9.72 Å². The SMILES string of the molecule is CCc1cc(CNc2ccc(C(C)=O)cc2[N+](=O)[O-])[nH]n1. The Kier molecular flexibility index (Phi) is 4.32. The normalized spacial score (nSPS) is 10.4. The van der Waals surface area contributed by atoms with E-state index in [9.17, 15) is 14.9 Å². The summed E-state index contributed by atoms with van der Waals surface area (Å²) in [7, 11) is 0. The Labute approximate surface area is 121 Å². The lowest BCUT2D eigenvalue weighted by Gasteiger charge is -2.06. The quantitative estimate of drug-likeness (QED) is 0.483. The highest BCUT2D eigenvalue weighted by molar-refractivity contribution is 5.95. The third kappa shape index (κ3) is 3.44. The molecule has 0 bridgehead atoms. The Morgan fingerprint density at radius 3 is 2.76 bits per heavy atom. The topological polar surface area (TPSA) is 101 Å². The minimum absolute atomic E-state index is 0.113. The summed E-state index contributed by atoms with van der Waals surface area (Å²) in [5, 5.41) is 21.0. The maximum atomic E-state index is 11.3. The van der Waals surface area contributed by atoms with Crippen molar-refractivity contribution in [3.05, 3.63) is 51.3 Å². The van der Waals surface area contributed by atoms with E-state index in [0.29, 0.717) is 17.8 Å². The summed E-state index contributed by atoms with van der Waals surface area (Å²) in [6.45, 7) is 3.77. The number of hydrogen-bond acceptors (Lipinski definition) is 5. The van der Waals surface area contributed by atoms with Crippen LogP contribution in [0.5, 0.6) is 0 Å². The number of ketones is 1. The highest BCUT2D eigenvalue weighted by Gasteiger charge is 2.16. The second-order valence-electron chi connectivity index (χ2n) is 4.64. The van der Waals surface area contributed by atoms with Crippen molar-refractivity contribution in [2.75, 3.05) is 5.32 Å². The molecule has 0 saturated carbocycles. The monoisotopic (exact) mass is 288 g/mol. The Hall–Kier alpha value is -2.70. The number of rotatable bonds is 6. The first kappa shape index (κ1) is 14.7. The molecule has 0 spiro atoms. The van der Waals surface area contributed by atoms with Gasteiger partial charge in [0.05, 0.1) is 22.9 Å². The Morgan fingerprint density at radius 2 is 2.19 bits per heavy atom. The minimum atomic E-state index is -0.501. The van der Waals surface area contributed by atoms with Gasteiger partial charge >= 0.3 is 0 Å². The first-order valence-electron chi connectivity index (χ1n) is 6.57. The third-order valence-electron chi connectivity index (χ3n) is 3.12. The summed E-state index contributed by atoms with van der Waals surface area (Å²) in [6, 6.07) is 6.31. The van der Waals surface area contributed by atoms with Crippen molar-refractivity contribution in [2.24, 2.45) is 0 Å². The Morgan fingerprint density at radius 1 is 1.43 bits per heavy atom. The molecule has 0 fully saturated rings. The van der Waals surface area contributed by atoms with E-state index in [1.165, 1.54) is 13.0 Å². The molecular formula is C14H16N4O3. The van der Waals surface area contributed by atoms with E-state index in [-0.39, 0.29) is 11.5 Å². The number of carbonyl (C=O) groups is 1. The lowest BCUT2D eigenvalue weighted by molar-refractivity contribution is -0.384. The van der Waals surface area contributed by atoms with Crippen LogP contribution in [0.3, 0.4) is 0 Å². The van der Waals surface area contributed by atoms with E-state index in [4.69, 9.17) is 0 Å². The van der Waals surface area contributed by atoms with Crippen molar-refractivity contribution >= 4 is 17.2 Å². The predicted molar refractivity (Wildman–Crippen MR) is 78.4 cm³/mol. The van der Waals surface area contributed by atoms with Crippen molar-refractivity contribution in [3.63, 3.8) is 0 Å². The average Bonchev–Trinajstić information content (AvgIpc) is 2.92. The van der Waals surface area contributed by atoms with Gasteiger partial charge in [0, 0.05) is 11.6 Å². The molecule has 1 aromatic carbocycles. The van der Waals surface area contributed by atoms with Crippen molar-refractivity contribution in [3.8, 4) is 0 Å². The summed E-state index contributed by atoms with van der Waals surface area (Å²) in [4.78, 5) is 21.9. The van der Waals surface area contributed by atoms with Gasteiger partial charge in [0.15, 0.2) is 5.78 Å². The maximum Gasteiger partial charge on any atom is 0.293 e. The molecule has 2 N–H and O–H groups in total. The number of aromatic nitrogens is 2. The summed E-state index contributed by atoms with van der Waals surface area (Å²) in [5.74, 6) is -0.203. The van der Waals surface area contributed by atoms with Gasteiger partial charge in [-0.1, -0.05) is 6.92 Å². The maximum absolute atomic E-state index is 11.3. The number of aryl methyl sites for hydroxylation is 1. The van der Waals surface area contributed by atoms with Crippen molar-refractivity contribution in [2.45, 2.75) is 26.8 Å². The van der Waals surface area contributed by atoms with E-state index in [1.54, 1.807) is 12.1 Å². The molecule has 21 heavy (non-hydrogen) atoms. The number of aromatic amines is 1. The molecule has 7 heteroatoms. The van der Waals surface area contributed by atoms with Crippen LogP contribution in [0.4, 0.5) is 11.4 Å². The summed E-state index contributed by atoms with van der Waals surface area (Å²) in [5.41, 5.74) is 2.36. The van der Waals surface area contributed by atoms with Crippen molar-refractivity contribution in [1.29, 1.82) is 0 Å². The molecule has 0 unspecified atom stereocenters. The standard InChI is InChI=1S/C14H16N4O3/c1-3-11-7-12(17-16-11)8-15-13-5-4-10(9(2)19)6-14(13)18(20)21/h4-7,15H,3,8H2,1-2H3,(H,16,17). The van der Waals surface area contributed by atoms with Gasteiger partial charge in [-0.15, -0.1) is 0 Å². The molecule has 0 aliphatic rings. The van der Waals surface area contributed by atoms with Crippen LogP contribution >= 0.6 is 0 Å². The largest absolute Gasteiger partial charge is 0.374 e. The zero-order valence-corrected chi connectivity index (χ0v) is 11.8. The lowest BCUT2D eigenvalue weighted by atomic mass is 10.1. The highest BCUT2D eigenvalue weighted by atomic mass is 16.6. The second kappa shape index (κ2) is 6.17. The minimum Gasteiger partial charge on any atom is -0.374 e. The molecule has 0 aliphatic heterocycles. The zero-order valence-electron chi connectivity index (χ0n) is 11.8. The molecule has 2 rings (SSSR count). The molecule has 0 amide bonds. The van der Waals surface area contributed by atoms with E-state index < -0.39 is 4.92 Å². The fourth-order valence-electron chi connectivity index (χ4n) is 1.92. The first-order valence-corrected chi connectivity index (χ1v) is 6.57. The van der Waals surface area contributed by atoms with Gasteiger partial charge in [0.2, 0.25) is 0 Å². The van der Waals surface area contributed by atoms with Gasteiger partial charge in [-0.2, -0.15) is 5.10 Å². The molecule has 2 aromatic rings. The third-order valence-corrected chi connectivity index (χ3v) is 3.12. The molecule has 0 atom stereocenters. The van der Waals surface area contributed by atoms with Crippen LogP contribution in [0.2, 0.25) is 0 Å². The number of Topliss-reactive ketones (excluding diaryl/α,β-unsaturated/α-hetero) is 1. The fraction of sp³-hybridized carbons (Fsp3) is 0.286. The van der Waals surface area contributed by atoms with E-state index in [1.807, 2.05) is 13.0 Å². The molecule has 1 heterocycles. The molecule has 110 valence electrons. The van der Waals surface area contributed by atoms with Crippen LogP contribution < -0.4 is 5.32 Å².